The summed E-state index contributed by atoms with van der Waals surface area (Å²) < 4.78 is 47.3. The fraction of sp³-hybridized carbons (Fsp3) is 0.450. The molecule has 3 aromatic rings. The SMILES string of the molecule is CCC(NN=C(C)c1ccnn1CC(F)(F)F)OCc1c(C)cccc1-n1nnn(C)c1=O. The minimum atomic E-state index is -4.39. The summed E-state index contributed by atoms with van der Waals surface area (Å²) in [5.74, 6) is 0. The van der Waals surface area contributed by atoms with Crippen molar-refractivity contribution in [1.29, 1.82) is 0 Å². The van der Waals surface area contributed by atoms with Crippen LogP contribution in [0, 0.1) is 6.92 Å². The molecular formula is C20H25F3N8O2. The predicted octanol–water partition coefficient (Wildman–Crippen LogP) is 2.30. The Kier molecular flexibility index (Phi) is 7.31. The van der Waals surface area contributed by atoms with Crippen LogP contribution in [0.1, 0.15) is 37.1 Å². The topological polar surface area (TPSA) is 104 Å². The van der Waals surface area contributed by atoms with E-state index in [-0.39, 0.29) is 18.0 Å². The van der Waals surface area contributed by atoms with Gasteiger partial charge < -0.3 is 4.74 Å². The van der Waals surface area contributed by atoms with Crippen LogP contribution in [0.2, 0.25) is 0 Å². The summed E-state index contributed by atoms with van der Waals surface area (Å²) >= 11 is 0. The van der Waals surface area contributed by atoms with Crippen LogP contribution in [0.25, 0.3) is 5.69 Å². The summed E-state index contributed by atoms with van der Waals surface area (Å²) in [5.41, 5.74) is 5.26. The number of nitrogens with zero attached hydrogens (tertiary/aromatic N) is 7. The van der Waals surface area contributed by atoms with Crippen molar-refractivity contribution >= 4 is 5.71 Å². The Hall–Kier alpha value is -3.48. The lowest BCUT2D eigenvalue weighted by Gasteiger charge is -2.19. The molecule has 178 valence electrons. The molecule has 0 saturated carbocycles. The summed E-state index contributed by atoms with van der Waals surface area (Å²) in [6.45, 7) is 4.30. The normalized spacial score (nSPS) is 13.4. The number of hydrazone groups is 1. The van der Waals surface area contributed by atoms with Gasteiger partial charge in [0.2, 0.25) is 0 Å². The van der Waals surface area contributed by atoms with Gasteiger partial charge in [-0.15, -0.1) is 0 Å². The smallest absolute Gasteiger partial charge is 0.352 e. The van der Waals surface area contributed by atoms with Gasteiger partial charge >= 0.3 is 11.9 Å². The number of benzene rings is 1. The molecule has 0 amide bonds. The molecule has 1 N–H and O–H groups in total. The molecule has 3 rings (SSSR count). The van der Waals surface area contributed by atoms with Crippen molar-refractivity contribution in [2.45, 2.75) is 52.7 Å². The number of halogens is 3. The van der Waals surface area contributed by atoms with Crippen LogP contribution in [0.3, 0.4) is 0 Å². The fourth-order valence-electron chi connectivity index (χ4n) is 3.13. The average Bonchev–Trinajstić information content (AvgIpc) is 3.34. The number of rotatable bonds is 9. The molecule has 0 fully saturated rings. The van der Waals surface area contributed by atoms with Crippen molar-refractivity contribution in [3.05, 3.63) is 57.8 Å². The fourth-order valence-corrected chi connectivity index (χ4v) is 3.13. The molecule has 0 saturated heterocycles. The van der Waals surface area contributed by atoms with Crippen molar-refractivity contribution < 1.29 is 17.9 Å². The first kappa shape index (κ1) is 24.2. The highest BCUT2D eigenvalue weighted by molar-refractivity contribution is 5.96. The average molecular weight is 466 g/mol. The second-order valence-corrected chi connectivity index (χ2v) is 7.39. The van der Waals surface area contributed by atoms with E-state index in [2.05, 4.69) is 26.1 Å². The zero-order valence-electron chi connectivity index (χ0n) is 18.7. The molecule has 0 bridgehead atoms. The first-order chi connectivity index (χ1) is 15.6. The van der Waals surface area contributed by atoms with Gasteiger partial charge in [-0.3, -0.25) is 10.1 Å². The molecule has 0 spiro atoms. The van der Waals surface area contributed by atoms with Crippen LogP contribution in [-0.2, 0) is 24.9 Å². The third-order valence-electron chi connectivity index (χ3n) is 4.93. The maximum absolute atomic E-state index is 12.7. The Balaban J connectivity index is 1.73. The Morgan fingerprint density at radius 1 is 1.27 bits per heavy atom. The number of tetrazole rings is 1. The van der Waals surface area contributed by atoms with Crippen LogP contribution in [0.15, 0.2) is 40.4 Å². The summed E-state index contributed by atoms with van der Waals surface area (Å²) in [6.07, 6.45) is -3.09. The van der Waals surface area contributed by atoms with E-state index >= 15 is 0 Å². The van der Waals surface area contributed by atoms with Crippen LogP contribution in [0.4, 0.5) is 13.2 Å². The Bertz CT molecular complexity index is 1180. The molecule has 0 radical (unpaired) electrons. The zero-order valence-corrected chi connectivity index (χ0v) is 18.7. The number of nitrogens with one attached hydrogen (secondary N) is 1. The summed E-state index contributed by atoms with van der Waals surface area (Å²) in [4.78, 5) is 12.3. The number of ether oxygens (including phenoxy) is 1. The maximum Gasteiger partial charge on any atom is 0.408 e. The Labute approximate surface area is 187 Å². The summed E-state index contributed by atoms with van der Waals surface area (Å²) in [7, 11) is 1.51. The molecule has 0 aliphatic heterocycles. The Morgan fingerprint density at radius 2 is 2.03 bits per heavy atom. The van der Waals surface area contributed by atoms with E-state index in [9.17, 15) is 18.0 Å². The van der Waals surface area contributed by atoms with E-state index in [1.54, 1.807) is 13.0 Å². The van der Waals surface area contributed by atoms with Crippen molar-refractivity contribution in [2.24, 2.45) is 12.1 Å². The molecule has 10 nitrogen and oxygen atoms in total. The van der Waals surface area contributed by atoms with E-state index in [0.717, 1.165) is 20.5 Å². The molecule has 1 unspecified atom stereocenters. The monoisotopic (exact) mass is 466 g/mol. The number of alkyl halides is 3. The highest BCUT2D eigenvalue weighted by Gasteiger charge is 2.29. The second-order valence-electron chi connectivity index (χ2n) is 7.39. The third-order valence-corrected chi connectivity index (χ3v) is 4.93. The minimum Gasteiger partial charge on any atom is -0.352 e. The van der Waals surface area contributed by atoms with Gasteiger partial charge in [0.25, 0.3) is 0 Å². The highest BCUT2D eigenvalue weighted by atomic mass is 19.4. The third kappa shape index (κ3) is 5.86. The van der Waals surface area contributed by atoms with Crippen LogP contribution in [-0.4, -0.2) is 47.7 Å². The molecule has 2 heterocycles. The van der Waals surface area contributed by atoms with E-state index < -0.39 is 18.9 Å². The zero-order chi connectivity index (χ0) is 24.2. The lowest BCUT2D eigenvalue weighted by molar-refractivity contribution is -0.142. The van der Waals surface area contributed by atoms with E-state index in [1.807, 2.05) is 26.0 Å². The van der Waals surface area contributed by atoms with Crippen molar-refractivity contribution in [3.8, 4) is 5.69 Å². The first-order valence-electron chi connectivity index (χ1n) is 10.2. The summed E-state index contributed by atoms with van der Waals surface area (Å²) in [5, 5.41) is 15.6. The van der Waals surface area contributed by atoms with Crippen molar-refractivity contribution in [3.63, 3.8) is 0 Å². The second kappa shape index (κ2) is 9.98. The Morgan fingerprint density at radius 3 is 2.67 bits per heavy atom. The standard InChI is InChI=1S/C20H25F3N8O2/c1-5-18(26-25-14(3)16-9-10-24-30(16)12-20(21,22)23)33-11-15-13(2)7-6-8-17(15)31-19(32)29(4)27-28-31/h6-10,18,26H,5,11-12H2,1-4H3. The number of hydrogen-bond donors (Lipinski definition) is 1. The van der Waals surface area contributed by atoms with Gasteiger partial charge in [0.05, 0.1) is 23.7 Å². The largest absolute Gasteiger partial charge is 0.408 e. The van der Waals surface area contributed by atoms with E-state index in [0.29, 0.717) is 17.8 Å². The molecule has 1 aromatic carbocycles. The molecule has 1 atom stereocenters. The molecule has 2 aromatic heterocycles. The lowest BCUT2D eigenvalue weighted by Crippen LogP contribution is -2.29. The quantitative estimate of drug-likeness (QED) is 0.295. The molecular weight excluding hydrogens is 441 g/mol. The van der Waals surface area contributed by atoms with E-state index in [1.165, 1.54) is 24.0 Å². The predicted molar refractivity (Wildman–Crippen MR) is 114 cm³/mol. The molecule has 13 heteroatoms. The van der Waals surface area contributed by atoms with Gasteiger partial charge in [-0.05, 0) is 48.4 Å². The number of aromatic nitrogens is 6. The number of hydrogen-bond acceptors (Lipinski definition) is 7. The summed E-state index contributed by atoms with van der Waals surface area (Å²) in [6, 6.07) is 6.91. The van der Waals surface area contributed by atoms with Gasteiger partial charge in [-0.1, -0.05) is 19.1 Å². The van der Waals surface area contributed by atoms with Gasteiger partial charge in [0.1, 0.15) is 12.8 Å². The van der Waals surface area contributed by atoms with Crippen molar-refractivity contribution in [2.75, 3.05) is 0 Å². The maximum atomic E-state index is 12.7. The van der Waals surface area contributed by atoms with E-state index in [4.69, 9.17) is 4.74 Å². The van der Waals surface area contributed by atoms with Gasteiger partial charge in [-0.25, -0.2) is 4.79 Å². The molecule has 33 heavy (non-hydrogen) atoms. The molecule has 0 aliphatic rings. The van der Waals surface area contributed by atoms with Gasteiger partial charge in [0.15, 0.2) is 0 Å². The van der Waals surface area contributed by atoms with Crippen LogP contribution < -0.4 is 11.1 Å². The highest BCUT2D eigenvalue weighted by Crippen LogP contribution is 2.20. The number of aryl methyl sites for hydroxylation is 2. The van der Waals surface area contributed by atoms with Gasteiger partial charge in [-0.2, -0.15) is 32.7 Å². The van der Waals surface area contributed by atoms with Crippen molar-refractivity contribution in [1.82, 2.24) is 35.0 Å². The lowest BCUT2D eigenvalue weighted by atomic mass is 10.1. The molecule has 0 aliphatic carbocycles. The van der Waals surface area contributed by atoms with Crippen LogP contribution in [0.5, 0.6) is 0 Å². The van der Waals surface area contributed by atoms with Crippen LogP contribution >= 0.6 is 0 Å². The first-order valence-corrected chi connectivity index (χ1v) is 10.2. The minimum absolute atomic E-state index is 0.150. The van der Waals surface area contributed by atoms with Gasteiger partial charge in [0, 0.05) is 18.8 Å².